The highest BCUT2D eigenvalue weighted by Crippen LogP contribution is 2.45. The van der Waals surface area contributed by atoms with E-state index < -0.39 is 5.15 Å². The molecule has 1 aromatic heterocycles. The zero-order valence-electron chi connectivity index (χ0n) is 22.2. The summed E-state index contributed by atoms with van der Waals surface area (Å²) in [7, 11) is 0. The Bertz CT molecular complexity index is 2350. The number of hydrogen-bond donors (Lipinski definition) is 0. The lowest BCUT2D eigenvalue weighted by molar-refractivity contribution is -0.735. The third-order valence-corrected chi connectivity index (χ3v) is 8.41. The maximum atomic E-state index is 17.4. The molecule has 6 aromatic carbocycles. The average molecular weight is 549 g/mol. The number of hydrogen-bond acceptors (Lipinski definition) is 1. The molecule has 0 amide bonds. The topological polar surface area (TPSA) is 20.3 Å². The largest absolute Gasteiger partial charge is 0.394 e. The Labute approximate surface area is 239 Å². The van der Waals surface area contributed by atoms with Crippen LogP contribution in [0.4, 0.5) is 14.8 Å². The van der Waals surface area contributed by atoms with Gasteiger partial charge in [-0.2, -0.15) is 0 Å². The second-order valence-electron chi connectivity index (χ2n) is 10.8. The molecule has 0 spiro atoms. The van der Waals surface area contributed by atoms with Crippen molar-refractivity contribution in [3.63, 3.8) is 0 Å². The molecule has 9 rings (SSSR count). The number of rotatable bonds is 2. The summed E-state index contributed by atoms with van der Waals surface area (Å²) in [5, 5.41) is 2.94. The van der Waals surface area contributed by atoms with Crippen molar-refractivity contribution in [1.82, 2.24) is 9.82 Å². The average Bonchev–Trinajstić information content (AvgIpc) is 3.55. The van der Waals surface area contributed by atoms with Crippen LogP contribution >= 0.6 is 0 Å². The van der Waals surface area contributed by atoms with Gasteiger partial charge in [0.25, 0.3) is 0 Å². The highest BCUT2D eigenvalue weighted by atomic mass is 19.4. The Kier molecular flexibility index (Phi) is 4.59. The van der Waals surface area contributed by atoms with Gasteiger partial charge in [0.1, 0.15) is 14.7 Å². The van der Waals surface area contributed by atoms with Crippen LogP contribution in [0.5, 0.6) is 0 Å². The van der Waals surface area contributed by atoms with E-state index in [2.05, 4.69) is 0 Å². The standard InChI is InChI=1S/C36H22F2N4/c37-42(38)40-33(27-19-17-23-9-1-3-11-25(23)21-27)29-13-5-7-15-31(29)35(40)39-36-32-16-8-6-14-30(32)34(41(36)42)28-20-18-24-10-2-4-12-26(24)22-28/h1-22H/q+2. The van der Waals surface area contributed by atoms with Gasteiger partial charge in [-0.25, -0.2) is 0 Å². The van der Waals surface area contributed by atoms with Crippen molar-refractivity contribution in [2.45, 2.75) is 0 Å². The van der Waals surface area contributed by atoms with Crippen LogP contribution in [0.3, 0.4) is 0 Å². The van der Waals surface area contributed by atoms with Gasteiger partial charge in [-0.1, -0.05) is 97.1 Å². The number of fused-ring (bicyclic) bond motifs is 8. The lowest BCUT2D eigenvalue weighted by Crippen LogP contribution is -2.56. The Balaban J connectivity index is 1.39. The summed E-state index contributed by atoms with van der Waals surface area (Å²) in [5.74, 6) is 0.471. The van der Waals surface area contributed by atoms with Gasteiger partial charge < -0.3 is 0 Å². The third kappa shape index (κ3) is 3.07. The summed E-state index contributed by atoms with van der Waals surface area (Å²) < 4.78 is 36.9. The molecule has 198 valence electrons. The van der Waals surface area contributed by atoms with Crippen LogP contribution < -0.4 is 5.15 Å². The SMILES string of the molecule is F[N+]1(F)n2c(c3ccccc3c2-c2ccc3ccccc3c2)N=C2c3ccccc3C(c3ccc4ccccc4c3)=[N+]21. The van der Waals surface area contributed by atoms with E-state index in [0.717, 1.165) is 41.9 Å². The first-order valence-electron chi connectivity index (χ1n) is 13.9. The normalized spacial score (nSPS) is 15.1. The molecule has 3 heterocycles. The van der Waals surface area contributed by atoms with Crippen molar-refractivity contribution in [3.05, 3.63) is 150 Å². The van der Waals surface area contributed by atoms with Crippen LogP contribution in [0.15, 0.2) is 138 Å². The smallest absolute Gasteiger partial charge is 0.0616 e. The van der Waals surface area contributed by atoms with Crippen LogP contribution in [0.25, 0.3) is 43.6 Å². The van der Waals surface area contributed by atoms with Crippen molar-refractivity contribution < 1.29 is 13.6 Å². The Morgan fingerprint density at radius 3 is 1.81 bits per heavy atom. The van der Waals surface area contributed by atoms with Crippen LogP contribution in [0.1, 0.15) is 16.7 Å². The first kappa shape index (κ1) is 23.3. The van der Waals surface area contributed by atoms with E-state index in [4.69, 9.17) is 4.99 Å². The van der Waals surface area contributed by atoms with E-state index in [-0.39, 0.29) is 11.7 Å². The summed E-state index contributed by atoms with van der Waals surface area (Å²) >= 11 is 0. The number of amidine groups is 1. The summed E-state index contributed by atoms with van der Waals surface area (Å²) in [5.41, 5.74) is 3.67. The number of aliphatic imine (C=N–C) groups is 1. The predicted octanol–water partition coefficient (Wildman–Crippen LogP) is 8.69. The molecule has 0 fully saturated rings. The third-order valence-electron chi connectivity index (χ3n) is 8.41. The quantitative estimate of drug-likeness (QED) is 0.152. The van der Waals surface area contributed by atoms with Crippen LogP contribution in [0.2, 0.25) is 0 Å². The number of nitrogens with zero attached hydrogens (tertiary/aromatic N) is 4. The van der Waals surface area contributed by atoms with Gasteiger partial charge in [0.2, 0.25) is 5.71 Å². The van der Waals surface area contributed by atoms with Gasteiger partial charge in [0.05, 0.1) is 15.6 Å². The lowest BCUT2D eigenvalue weighted by atomic mass is 9.98. The molecule has 2 aliphatic heterocycles. The van der Waals surface area contributed by atoms with Gasteiger partial charge in [-0.3, -0.25) is 0 Å². The minimum atomic E-state index is -2.55. The van der Waals surface area contributed by atoms with Gasteiger partial charge in [-0.05, 0) is 67.6 Å². The Hall–Kier alpha value is -5.46. The zero-order chi connectivity index (χ0) is 28.0. The molecule has 42 heavy (non-hydrogen) atoms. The second kappa shape index (κ2) is 8.28. The molecule has 4 nitrogen and oxygen atoms in total. The van der Waals surface area contributed by atoms with E-state index in [1.165, 1.54) is 0 Å². The summed E-state index contributed by atoms with van der Waals surface area (Å²) in [6, 6.07) is 42.8. The summed E-state index contributed by atoms with van der Waals surface area (Å²) in [6.07, 6.45) is 0. The maximum absolute atomic E-state index is 17.4. The molecular formula is C36H22F2N4+2. The number of halogens is 2. The first-order valence-corrected chi connectivity index (χ1v) is 13.9. The molecule has 0 atom stereocenters. The number of benzene rings is 6. The minimum absolute atomic E-state index is 0.236. The Morgan fingerprint density at radius 2 is 1.10 bits per heavy atom. The molecular weight excluding hydrogens is 526 g/mol. The van der Waals surface area contributed by atoms with E-state index in [0.29, 0.717) is 33.5 Å². The van der Waals surface area contributed by atoms with E-state index in [1.807, 2.05) is 133 Å². The highest BCUT2D eigenvalue weighted by Gasteiger charge is 2.61. The fraction of sp³-hybridized carbons (Fsp3) is 0. The summed E-state index contributed by atoms with van der Waals surface area (Å²) in [6.45, 7) is 0. The lowest BCUT2D eigenvalue weighted by Gasteiger charge is -2.18. The van der Waals surface area contributed by atoms with Gasteiger partial charge in [0, 0.05) is 22.1 Å². The highest BCUT2D eigenvalue weighted by molar-refractivity contribution is 6.23. The van der Waals surface area contributed by atoms with Crippen molar-refractivity contribution in [3.8, 4) is 11.3 Å². The second-order valence-corrected chi connectivity index (χ2v) is 10.8. The first-order chi connectivity index (χ1) is 20.6. The van der Waals surface area contributed by atoms with Gasteiger partial charge >= 0.3 is 16.8 Å². The van der Waals surface area contributed by atoms with Crippen LogP contribution in [0, 0.1) is 0 Å². The fourth-order valence-electron chi connectivity index (χ4n) is 6.54. The fourth-order valence-corrected chi connectivity index (χ4v) is 6.54. The molecule has 0 saturated heterocycles. The van der Waals surface area contributed by atoms with E-state index in [1.54, 1.807) is 0 Å². The van der Waals surface area contributed by atoms with Gasteiger partial charge in [0.15, 0.2) is 0 Å². The molecule has 0 N–H and O–H groups in total. The van der Waals surface area contributed by atoms with Crippen LogP contribution in [-0.2, 0) is 0 Å². The monoisotopic (exact) mass is 548 g/mol. The minimum Gasteiger partial charge on any atom is -0.0616 e. The molecule has 0 radical (unpaired) electrons. The summed E-state index contributed by atoms with van der Waals surface area (Å²) in [4.78, 5) is 5.01. The van der Waals surface area contributed by atoms with Crippen molar-refractivity contribution in [2.24, 2.45) is 4.99 Å². The molecule has 0 unspecified atom stereocenters. The van der Waals surface area contributed by atoms with Crippen LogP contribution in [-0.4, -0.2) is 20.9 Å². The number of aromatic nitrogens is 1. The number of quaternary nitrogens is 1. The van der Waals surface area contributed by atoms with Crippen molar-refractivity contribution in [1.29, 1.82) is 0 Å². The maximum Gasteiger partial charge on any atom is 0.394 e. The Morgan fingerprint density at radius 1 is 0.548 bits per heavy atom. The van der Waals surface area contributed by atoms with E-state index in [9.17, 15) is 0 Å². The molecule has 7 aromatic rings. The van der Waals surface area contributed by atoms with Gasteiger partial charge in [-0.15, -0.1) is 0 Å². The van der Waals surface area contributed by atoms with Crippen molar-refractivity contribution in [2.75, 3.05) is 0 Å². The van der Waals surface area contributed by atoms with E-state index >= 15 is 8.96 Å². The molecule has 2 aliphatic rings. The molecule has 0 aliphatic carbocycles. The predicted molar refractivity (Wildman–Crippen MR) is 165 cm³/mol. The molecule has 0 bridgehead atoms. The molecule has 6 heteroatoms. The van der Waals surface area contributed by atoms with Crippen molar-refractivity contribution >= 4 is 49.7 Å². The zero-order valence-corrected chi connectivity index (χ0v) is 22.2. The molecule has 0 saturated carbocycles.